The number of hydrogen-bond donors (Lipinski definition) is 1. The van der Waals surface area contributed by atoms with E-state index in [2.05, 4.69) is 15.3 Å². The average Bonchev–Trinajstić information content (AvgIpc) is 3.07. The average molecular weight is 313 g/mol. The normalized spacial score (nSPS) is 10.4. The Hall–Kier alpha value is -2.66. The molecule has 0 aliphatic carbocycles. The second-order valence-corrected chi connectivity index (χ2v) is 5.08. The fourth-order valence-corrected chi connectivity index (χ4v) is 2.27. The van der Waals surface area contributed by atoms with Gasteiger partial charge >= 0.3 is 0 Å². The van der Waals surface area contributed by atoms with Crippen LogP contribution in [0, 0.1) is 0 Å². The first-order valence-electron chi connectivity index (χ1n) is 6.70. The van der Waals surface area contributed by atoms with Gasteiger partial charge in [-0.3, -0.25) is 9.78 Å². The predicted octanol–water partition coefficient (Wildman–Crippen LogP) is 2.85. The van der Waals surface area contributed by atoms with Crippen molar-refractivity contribution in [1.82, 2.24) is 19.9 Å². The summed E-state index contributed by atoms with van der Waals surface area (Å²) in [5, 5.41) is 3.34. The highest BCUT2D eigenvalue weighted by atomic mass is 35.5. The zero-order valence-electron chi connectivity index (χ0n) is 11.6. The van der Waals surface area contributed by atoms with Crippen LogP contribution in [0.5, 0.6) is 0 Å². The number of imidazole rings is 1. The smallest absolute Gasteiger partial charge is 0.270 e. The summed E-state index contributed by atoms with van der Waals surface area (Å²) in [5.41, 5.74) is 2.25. The first-order chi connectivity index (χ1) is 10.7. The molecule has 6 heteroatoms. The lowest BCUT2D eigenvalue weighted by Gasteiger charge is -2.11. The van der Waals surface area contributed by atoms with E-state index >= 15 is 0 Å². The molecule has 3 aromatic rings. The van der Waals surface area contributed by atoms with E-state index in [1.807, 2.05) is 35.0 Å². The summed E-state index contributed by atoms with van der Waals surface area (Å²) in [6.45, 7) is 0.390. The highest BCUT2D eigenvalue weighted by molar-refractivity contribution is 6.30. The molecule has 0 saturated heterocycles. The number of aromatic nitrogens is 3. The van der Waals surface area contributed by atoms with Crippen molar-refractivity contribution in [2.45, 2.75) is 6.54 Å². The van der Waals surface area contributed by atoms with Gasteiger partial charge in [0.2, 0.25) is 0 Å². The third kappa shape index (κ3) is 3.15. The molecule has 0 saturated carbocycles. The van der Waals surface area contributed by atoms with Gasteiger partial charge in [0.15, 0.2) is 0 Å². The van der Waals surface area contributed by atoms with Crippen LogP contribution >= 0.6 is 11.6 Å². The van der Waals surface area contributed by atoms with Crippen molar-refractivity contribution in [3.8, 4) is 5.69 Å². The van der Waals surface area contributed by atoms with Crippen molar-refractivity contribution in [3.63, 3.8) is 0 Å². The summed E-state index contributed by atoms with van der Waals surface area (Å²) >= 11 is 5.87. The number of pyridine rings is 1. The molecule has 2 heterocycles. The summed E-state index contributed by atoms with van der Waals surface area (Å²) in [4.78, 5) is 20.2. The van der Waals surface area contributed by atoms with Crippen LogP contribution in [-0.4, -0.2) is 20.4 Å². The maximum absolute atomic E-state index is 12.1. The van der Waals surface area contributed by atoms with Crippen LogP contribution in [-0.2, 0) is 6.54 Å². The molecule has 1 aromatic carbocycles. The second-order valence-electron chi connectivity index (χ2n) is 4.64. The molecule has 0 aliphatic rings. The lowest BCUT2D eigenvalue weighted by Crippen LogP contribution is -2.24. The van der Waals surface area contributed by atoms with Gasteiger partial charge in [0.05, 0.1) is 12.0 Å². The Kier molecular flexibility index (Phi) is 4.16. The van der Waals surface area contributed by atoms with Crippen LogP contribution in [0.4, 0.5) is 0 Å². The van der Waals surface area contributed by atoms with Gasteiger partial charge in [0.25, 0.3) is 5.91 Å². The third-order valence-electron chi connectivity index (χ3n) is 3.17. The summed E-state index contributed by atoms with van der Waals surface area (Å²) in [5.74, 6) is -0.261. The number of nitrogens with one attached hydrogen (secondary N) is 1. The summed E-state index contributed by atoms with van der Waals surface area (Å²) in [6.07, 6.45) is 6.81. The number of amides is 1. The van der Waals surface area contributed by atoms with Gasteiger partial charge in [0.1, 0.15) is 5.69 Å². The highest BCUT2D eigenvalue weighted by Gasteiger charge is 2.09. The number of rotatable bonds is 4. The zero-order valence-corrected chi connectivity index (χ0v) is 12.4. The van der Waals surface area contributed by atoms with Crippen molar-refractivity contribution in [2.75, 3.05) is 0 Å². The van der Waals surface area contributed by atoms with E-state index in [4.69, 9.17) is 11.6 Å². The minimum atomic E-state index is -0.261. The molecule has 110 valence electrons. The van der Waals surface area contributed by atoms with Crippen LogP contribution in [0.25, 0.3) is 5.69 Å². The van der Waals surface area contributed by atoms with Gasteiger partial charge in [-0.2, -0.15) is 0 Å². The molecule has 5 nitrogen and oxygen atoms in total. The van der Waals surface area contributed by atoms with Crippen molar-refractivity contribution in [1.29, 1.82) is 0 Å². The Morgan fingerprint density at radius 1 is 1.23 bits per heavy atom. The van der Waals surface area contributed by atoms with E-state index < -0.39 is 0 Å². The molecule has 0 bridgehead atoms. The number of hydrogen-bond acceptors (Lipinski definition) is 3. The van der Waals surface area contributed by atoms with E-state index in [1.54, 1.807) is 24.7 Å². The monoisotopic (exact) mass is 312 g/mol. The summed E-state index contributed by atoms with van der Waals surface area (Å²) in [6, 6.07) is 11.0. The maximum Gasteiger partial charge on any atom is 0.270 e. The minimum Gasteiger partial charge on any atom is -0.347 e. The first kappa shape index (κ1) is 14.3. The van der Waals surface area contributed by atoms with Crippen molar-refractivity contribution >= 4 is 17.5 Å². The van der Waals surface area contributed by atoms with E-state index in [-0.39, 0.29) is 5.91 Å². The van der Waals surface area contributed by atoms with E-state index in [9.17, 15) is 4.79 Å². The number of halogens is 1. The Balaban J connectivity index is 1.76. The molecule has 2 aromatic heterocycles. The number of para-hydroxylation sites is 1. The second kappa shape index (κ2) is 6.41. The van der Waals surface area contributed by atoms with Gasteiger partial charge in [-0.25, -0.2) is 4.98 Å². The van der Waals surface area contributed by atoms with E-state index in [0.29, 0.717) is 17.3 Å². The van der Waals surface area contributed by atoms with Gasteiger partial charge in [-0.1, -0.05) is 29.8 Å². The van der Waals surface area contributed by atoms with Gasteiger partial charge in [-0.05, 0) is 23.8 Å². The molecule has 0 aliphatic heterocycles. The summed E-state index contributed by atoms with van der Waals surface area (Å²) < 4.78 is 1.90. The van der Waals surface area contributed by atoms with Crippen molar-refractivity contribution in [3.05, 3.63) is 77.6 Å². The Labute approximate surface area is 132 Å². The van der Waals surface area contributed by atoms with E-state index in [0.717, 1.165) is 11.3 Å². The SMILES string of the molecule is O=C(NCc1ccccc1-n1ccnc1)c1cc(Cl)ccn1. The third-order valence-corrected chi connectivity index (χ3v) is 3.40. The zero-order chi connectivity index (χ0) is 15.4. The highest BCUT2D eigenvalue weighted by Crippen LogP contribution is 2.14. The number of carbonyl (C=O) groups excluding carboxylic acids is 1. The minimum absolute atomic E-state index is 0.261. The molecule has 0 unspecified atom stereocenters. The molecular formula is C16H13ClN4O. The largest absolute Gasteiger partial charge is 0.347 e. The first-order valence-corrected chi connectivity index (χ1v) is 7.08. The fourth-order valence-electron chi connectivity index (χ4n) is 2.11. The maximum atomic E-state index is 12.1. The van der Waals surface area contributed by atoms with Crippen LogP contribution in [0.3, 0.4) is 0 Å². The lowest BCUT2D eigenvalue weighted by molar-refractivity contribution is 0.0946. The number of carbonyl (C=O) groups is 1. The standard InChI is InChI=1S/C16H13ClN4O/c17-13-5-6-19-14(9-13)16(22)20-10-12-3-1-2-4-15(12)21-8-7-18-11-21/h1-9,11H,10H2,(H,20,22). The van der Waals surface area contributed by atoms with Crippen molar-refractivity contribution < 1.29 is 4.79 Å². The van der Waals surface area contributed by atoms with Gasteiger partial charge in [0, 0.05) is 30.2 Å². The Bertz CT molecular complexity index is 786. The van der Waals surface area contributed by atoms with Gasteiger partial charge < -0.3 is 9.88 Å². The van der Waals surface area contributed by atoms with Gasteiger partial charge in [-0.15, -0.1) is 0 Å². The van der Waals surface area contributed by atoms with Crippen LogP contribution in [0.2, 0.25) is 5.02 Å². The van der Waals surface area contributed by atoms with Crippen LogP contribution in [0.1, 0.15) is 16.1 Å². The number of nitrogens with zero attached hydrogens (tertiary/aromatic N) is 3. The topological polar surface area (TPSA) is 59.8 Å². The lowest BCUT2D eigenvalue weighted by atomic mass is 10.1. The Morgan fingerprint density at radius 3 is 2.86 bits per heavy atom. The van der Waals surface area contributed by atoms with Crippen LogP contribution < -0.4 is 5.32 Å². The quantitative estimate of drug-likeness (QED) is 0.806. The fraction of sp³-hybridized carbons (Fsp3) is 0.0625. The molecule has 1 N–H and O–H groups in total. The molecule has 3 rings (SSSR count). The predicted molar refractivity (Wildman–Crippen MR) is 84.0 cm³/mol. The van der Waals surface area contributed by atoms with Crippen molar-refractivity contribution in [2.24, 2.45) is 0 Å². The molecule has 22 heavy (non-hydrogen) atoms. The van der Waals surface area contributed by atoms with Crippen LogP contribution in [0.15, 0.2) is 61.3 Å². The molecule has 0 spiro atoms. The van der Waals surface area contributed by atoms with E-state index in [1.165, 1.54) is 6.20 Å². The molecular weight excluding hydrogens is 300 g/mol. The summed E-state index contributed by atoms with van der Waals surface area (Å²) in [7, 11) is 0. The Morgan fingerprint density at radius 2 is 2.09 bits per heavy atom. The number of benzene rings is 1. The molecule has 0 fully saturated rings. The molecule has 0 atom stereocenters. The molecule has 1 amide bonds. The molecule has 0 radical (unpaired) electrons.